The molecule has 0 aliphatic carbocycles. The Morgan fingerprint density at radius 1 is 1.42 bits per heavy atom. The molecule has 5 heteroatoms. The van der Waals surface area contributed by atoms with Crippen LogP contribution in [0.2, 0.25) is 0 Å². The SMILES string of the molecule is CCC(=O)N(CC(C)C(=O)O)c1cccc(SC)c1. The first kappa shape index (κ1) is 15.6. The highest BCUT2D eigenvalue weighted by Gasteiger charge is 2.21. The van der Waals surface area contributed by atoms with Crippen LogP contribution in [0.5, 0.6) is 0 Å². The smallest absolute Gasteiger partial charge is 0.308 e. The minimum Gasteiger partial charge on any atom is -0.481 e. The third kappa shape index (κ3) is 4.28. The predicted octanol–water partition coefficient (Wildman–Crippen LogP) is 2.87. The van der Waals surface area contributed by atoms with E-state index in [1.807, 2.05) is 30.5 Å². The van der Waals surface area contributed by atoms with E-state index in [1.54, 1.807) is 30.5 Å². The number of hydrogen-bond acceptors (Lipinski definition) is 3. The lowest BCUT2D eigenvalue weighted by atomic mass is 10.1. The fourth-order valence-corrected chi connectivity index (χ4v) is 2.13. The number of hydrogen-bond donors (Lipinski definition) is 1. The summed E-state index contributed by atoms with van der Waals surface area (Å²) in [5.74, 6) is -1.55. The van der Waals surface area contributed by atoms with Crippen LogP contribution in [-0.2, 0) is 9.59 Å². The van der Waals surface area contributed by atoms with Crippen LogP contribution in [0.1, 0.15) is 20.3 Å². The molecule has 0 aliphatic rings. The van der Waals surface area contributed by atoms with E-state index in [9.17, 15) is 9.59 Å². The monoisotopic (exact) mass is 281 g/mol. The quantitative estimate of drug-likeness (QED) is 0.815. The maximum Gasteiger partial charge on any atom is 0.308 e. The first-order valence-electron chi connectivity index (χ1n) is 6.16. The third-order valence-electron chi connectivity index (χ3n) is 2.85. The van der Waals surface area contributed by atoms with Gasteiger partial charge in [-0.3, -0.25) is 9.59 Å². The molecular formula is C14H19NO3S. The summed E-state index contributed by atoms with van der Waals surface area (Å²) in [4.78, 5) is 25.6. The van der Waals surface area contributed by atoms with Gasteiger partial charge in [-0.1, -0.05) is 19.9 Å². The number of carboxylic acid groups (broad SMARTS) is 1. The number of nitrogens with zero attached hydrogens (tertiary/aromatic N) is 1. The summed E-state index contributed by atoms with van der Waals surface area (Å²) in [6.07, 6.45) is 2.32. The largest absolute Gasteiger partial charge is 0.481 e. The van der Waals surface area contributed by atoms with Crippen molar-refractivity contribution in [2.75, 3.05) is 17.7 Å². The fraction of sp³-hybridized carbons (Fsp3) is 0.429. The second-order valence-corrected chi connectivity index (χ2v) is 5.18. The molecule has 19 heavy (non-hydrogen) atoms. The molecule has 1 atom stereocenters. The van der Waals surface area contributed by atoms with Crippen molar-refractivity contribution in [2.45, 2.75) is 25.2 Å². The van der Waals surface area contributed by atoms with Crippen LogP contribution in [0.4, 0.5) is 5.69 Å². The Hall–Kier alpha value is -1.49. The van der Waals surface area contributed by atoms with E-state index < -0.39 is 11.9 Å². The van der Waals surface area contributed by atoms with Crippen LogP contribution < -0.4 is 4.90 Å². The van der Waals surface area contributed by atoms with Crippen LogP contribution >= 0.6 is 11.8 Å². The molecular weight excluding hydrogens is 262 g/mol. The highest BCUT2D eigenvalue weighted by Crippen LogP contribution is 2.23. The molecule has 4 nitrogen and oxygen atoms in total. The van der Waals surface area contributed by atoms with Crippen molar-refractivity contribution < 1.29 is 14.7 Å². The number of amides is 1. The highest BCUT2D eigenvalue weighted by atomic mass is 32.2. The zero-order chi connectivity index (χ0) is 14.4. The summed E-state index contributed by atoms with van der Waals surface area (Å²) < 4.78 is 0. The third-order valence-corrected chi connectivity index (χ3v) is 3.57. The maximum atomic E-state index is 12.0. The molecule has 0 radical (unpaired) electrons. The van der Waals surface area contributed by atoms with E-state index in [1.165, 1.54) is 0 Å². The Labute approximate surface area is 117 Å². The number of benzene rings is 1. The van der Waals surface area contributed by atoms with Crippen LogP contribution in [0.25, 0.3) is 0 Å². The summed E-state index contributed by atoms with van der Waals surface area (Å²) in [5.41, 5.74) is 0.756. The summed E-state index contributed by atoms with van der Waals surface area (Å²) in [7, 11) is 0. The normalized spacial score (nSPS) is 11.9. The number of carbonyl (C=O) groups excluding carboxylic acids is 1. The van der Waals surface area contributed by atoms with Crippen LogP contribution in [0, 0.1) is 5.92 Å². The second-order valence-electron chi connectivity index (χ2n) is 4.30. The van der Waals surface area contributed by atoms with E-state index in [-0.39, 0.29) is 12.5 Å². The maximum absolute atomic E-state index is 12.0. The molecule has 0 aliphatic heterocycles. The standard InChI is InChI=1S/C14H19NO3S/c1-4-13(16)15(9-10(2)14(17)18)11-6-5-7-12(8-11)19-3/h5-8,10H,4,9H2,1-3H3,(H,17,18). The average Bonchev–Trinajstić information content (AvgIpc) is 2.43. The van der Waals surface area contributed by atoms with Crippen molar-refractivity contribution in [3.05, 3.63) is 24.3 Å². The van der Waals surface area contributed by atoms with Gasteiger partial charge in [0, 0.05) is 23.5 Å². The number of anilines is 1. The van der Waals surface area contributed by atoms with Crippen molar-refractivity contribution in [1.29, 1.82) is 0 Å². The van der Waals surface area contributed by atoms with Gasteiger partial charge in [-0.25, -0.2) is 0 Å². The predicted molar refractivity (Wildman–Crippen MR) is 77.7 cm³/mol. The Kier molecular flexibility index (Phi) is 5.89. The van der Waals surface area contributed by atoms with Gasteiger partial charge in [0.25, 0.3) is 0 Å². The Balaban J connectivity index is 3.02. The van der Waals surface area contributed by atoms with Gasteiger partial charge < -0.3 is 10.0 Å². The molecule has 104 valence electrons. The zero-order valence-electron chi connectivity index (χ0n) is 11.4. The van der Waals surface area contributed by atoms with Crippen molar-refractivity contribution in [2.24, 2.45) is 5.92 Å². The van der Waals surface area contributed by atoms with Crippen molar-refractivity contribution in [1.82, 2.24) is 0 Å². The van der Waals surface area contributed by atoms with Crippen molar-refractivity contribution >= 4 is 29.3 Å². The molecule has 1 rings (SSSR count). The lowest BCUT2D eigenvalue weighted by Gasteiger charge is -2.24. The molecule has 0 saturated heterocycles. The van der Waals surface area contributed by atoms with Gasteiger partial charge in [0.05, 0.1) is 5.92 Å². The number of carbonyl (C=O) groups is 2. The van der Waals surface area contributed by atoms with Crippen LogP contribution in [0.3, 0.4) is 0 Å². The molecule has 0 spiro atoms. The molecule has 0 heterocycles. The minimum absolute atomic E-state index is 0.0636. The van der Waals surface area contributed by atoms with Gasteiger partial charge in [-0.15, -0.1) is 11.8 Å². The topological polar surface area (TPSA) is 57.6 Å². The van der Waals surface area contributed by atoms with Crippen molar-refractivity contribution in [3.63, 3.8) is 0 Å². The molecule has 1 aromatic rings. The second kappa shape index (κ2) is 7.19. The molecule has 0 aromatic heterocycles. The van der Waals surface area contributed by atoms with Gasteiger partial charge in [-0.05, 0) is 24.5 Å². The summed E-state index contributed by atoms with van der Waals surface area (Å²) in [6.45, 7) is 3.58. The first-order chi connectivity index (χ1) is 8.99. The summed E-state index contributed by atoms with van der Waals surface area (Å²) >= 11 is 1.59. The van der Waals surface area contributed by atoms with Gasteiger partial charge in [0.1, 0.15) is 0 Å². The van der Waals surface area contributed by atoms with E-state index in [0.29, 0.717) is 6.42 Å². The molecule has 0 bridgehead atoms. The van der Waals surface area contributed by atoms with Gasteiger partial charge in [-0.2, -0.15) is 0 Å². The van der Waals surface area contributed by atoms with Gasteiger partial charge in [0.15, 0.2) is 0 Å². The Morgan fingerprint density at radius 3 is 2.63 bits per heavy atom. The van der Waals surface area contributed by atoms with Crippen LogP contribution in [-0.4, -0.2) is 29.8 Å². The number of thioether (sulfide) groups is 1. The van der Waals surface area contributed by atoms with E-state index in [0.717, 1.165) is 10.6 Å². The Morgan fingerprint density at radius 2 is 2.11 bits per heavy atom. The van der Waals surface area contributed by atoms with Crippen LogP contribution in [0.15, 0.2) is 29.2 Å². The average molecular weight is 281 g/mol. The minimum atomic E-state index is -0.894. The van der Waals surface area contributed by atoms with Gasteiger partial charge >= 0.3 is 5.97 Å². The van der Waals surface area contributed by atoms with Crippen molar-refractivity contribution in [3.8, 4) is 0 Å². The summed E-state index contributed by atoms with van der Waals surface area (Å²) in [6, 6.07) is 7.58. The number of carboxylic acids is 1. The number of aliphatic carboxylic acids is 1. The molecule has 1 amide bonds. The van der Waals surface area contributed by atoms with E-state index in [4.69, 9.17) is 5.11 Å². The first-order valence-corrected chi connectivity index (χ1v) is 7.39. The Bertz CT molecular complexity index is 462. The molecule has 0 fully saturated rings. The molecule has 1 N–H and O–H groups in total. The fourth-order valence-electron chi connectivity index (χ4n) is 1.67. The zero-order valence-corrected chi connectivity index (χ0v) is 12.2. The summed E-state index contributed by atoms with van der Waals surface area (Å²) in [5, 5.41) is 8.99. The van der Waals surface area contributed by atoms with E-state index >= 15 is 0 Å². The lowest BCUT2D eigenvalue weighted by molar-refractivity contribution is -0.140. The lowest BCUT2D eigenvalue weighted by Crippen LogP contribution is -2.36. The molecule has 1 unspecified atom stereocenters. The van der Waals surface area contributed by atoms with Gasteiger partial charge in [0.2, 0.25) is 5.91 Å². The number of rotatable bonds is 6. The molecule has 0 saturated carbocycles. The molecule has 1 aromatic carbocycles. The highest BCUT2D eigenvalue weighted by molar-refractivity contribution is 7.98. The van der Waals surface area contributed by atoms with E-state index in [2.05, 4.69) is 0 Å².